The Morgan fingerprint density at radius 2 is 0.764 bits per heavy atom. The van der Waals surface area contributed by atoms with Crippen molar-refractivity contribution in [3.63, 3.8) is 0 Å². The van der Waals surface area contributed by atoms with Crippen molar-refractivity contribution in [3.05, 3.63) is 168 Å². The van der Waals surface area contributed by atoms with Gasteiger partial charge in [0.25, 0.3) is 0 Å². The topological polar surface area (TPSA) is 142 Å². The third-order valence-corrected chi connectivity index (χ3v) is 11.0. The minimum absolute atomic E-state index is 0.169. The third-order valence-electron chi connectivity index (χ3n) is 11.0. The fourth-order valence-corrected chi connectivity index (χ4v) is 7.85. The number of rotatable bonds is 6. The van der Waals surface area contributed by atoms with E-state index in [1.165, 1.54) is 6.07 Å². The van der Waals surface area contributed by atoms with Crippen LogP contribution < -0.4 is 0 Å². The summed E-state index contributed by atoms with van der Waals surface area (Å²) in [6, 6.07) is 23.3. The second-order valence-electron chi connectivity index (χ2n) is 15.0. The summed E-state index contributed by atoms with van der Waals surface area (Å²) >= 11 is 0. The molecule has 0 aliphatic heterocycles. The maximum atomic E-state index is 10.7. The lowest BCUT2D eigenvalue weighted by Crippen LogP contribution is -2.10. The Bertz CT molecular complexity index is 2240. The third kappa shape index (κ3) is 7.92. The maximum absolute atomic E-state index is 10.7. The van der Waals surface area contributed by atoms with Crippen molar-refractivity contribution < 1.29 is 35.7 Å². The fraction of sp³-hybridized carbons (Fsp3) is 0.250. The Balaban J connectivity index is 0.000000212. The Kier molecular flexibility index (Phi) is 11.5. The predicted molar refractivity (Wildman–Crippen MR) is 220 cm³/mol. The SMILES string of the molecule is Cc1cc(C(c2ccc(O)c(O)c2)c2cc(C)c(O)c(C)c2C)c(C)c(C)c1O.Cc1cc(C)c(C(c2ccc(O)cc2)c2c(C)cc(C)cc2O)c(O)c1. The molecule has 0 spiro atoms. The first-order chi connectivity index (χ1) is 25.8. The molecule has 55 heavy (non-hydrogen) atoms. The van der Waals surface area contributed by atoms with Gasteiger partial charge < -0.3 is 35.7 Å². The number of phenols is 7. The molecule has 286 valence electrons. The second kappa shape index (κ2) is 15.7. The molecule has 0 amide bonds. The molecule has 0 aliphatic carbocycles. The van der Waals surface area contributed by atoms with Crippen molar-refractivity contribution in [2.45, 2.75) is 81.1 Å². The Morgan fingerprint density at radius 1 is 0.345 bits per heavy atom. The van der Waals surface area contributed by atoms with Crippen LogP contribution in [0.25, 0.3) is 0 Å². The van der Waals surface area contributed by atoms with Crippen LogP contribution in [0.15, 0.2) is 78.9 Å². The van der Waals surface area contributed by atoms with E-state index in [1.54, 1.807) is 36.4 Å². The van der Waals surface area contributed by atoms with E-state index in [2.05, 4.69) is 0 Å². The van der Waals surface area contributed by atoms with Crippen LogP contribution in [0.2, 0.25) is 0 Å². The van der Waals surface area contributed by atoms with Gasteiger partial charge in [0.15, 0.2) is 11.5 Å². The van der Waals surface area contributed by atoms with Gasteiger partial charge in [0, 0.05) is 23.0 Å². The molecule has 7 heteroatoms. The molecule has 0 saturated heterocycles. The Morgan fingerprint density at radius 3 is 1.16 bits per heavy atom. The highest BCUT2D eigenvalue weighted by molar-refractivity contribution is 5.61. The molecule has 7 N–H and O–H groups in total. The first-order valence-corrected chi connectivity index (χ1v) is 18.3. The monoisotopic (exact) mass is 740 g/mol. The number of hydrogen-bond acceptors (Lipinski definition) is 7. The number of benzene rings is 6. The van der Waals surface area contributed by atoms with E-state index in [1.807, 2.05) is 106 Å². The van der Waals surface area contributed by atoms with Gasteiger partial charge in [-0.2, -0.15) is 0 Å². The molecule has 7 nitrogen and oxygen atoms in total. The zero-order valence-electron chi connectivity index (χ0n) is 33.3. The van der Waals surface area contributed by atoms with Crippen LogP contribution in [-0.2, 0) is 0 Å². The summed E-state index contributed by atoms with van der Waals surface area (Å²) in [7, 11) is 0. The van der Waals surface area contributed by atoms with Crippen LogP contribution in [0.3, 0.4) is 0 Å². The quantitative estimate of drug-likeness (QED) is 0.0666. The highest BCUT2D eigenvalue weighted by Gasteiger charge is 2.28. The van der Waals surface area contributed by atoms with Crippen LogP contribution in [0.4, 0.5) is 0 Å². The van der Waals surface area contributed by atoms with E-state index in [-0.39, 0.29) is 52.1 Å². The van der Waals surface area contributed by atoms with Gasteiger partial charge in [-0.3, -0.25) is 0 Å². The van der Waals surface area contributed by atoms with Crippen LogP contribution in [0, 0.1) is 69.2 Å². The molecule has 6 aromatic carbocycles. The molecular weight excluding hydrogens is 689 g/mol. The van der Waals surface area contributed by atoms with Crippen molar-refractivity contribution >= 4 is 0 Å². The van der Waals surface area contributed by atoms with Gasteiger partial charge in [0.2, 0.25) is 0 Å². The number of hydrogen-bond donors (Lipinski definition) is 7. The number of aryl methyl sites for hydroxylation is 6. The van der Waals surface area contributed by atoms with E-state index in [0.717, 1.165) is 89.0 Å². The summed E-state index contributed by atoms with van der Waals surface area (Å²) in [5.74, 6) is 0.248. The molecule has 0 fully saturated rings. The molecule has 0 atom stereocenters. The van der Waals surface area contributed by atoms with E-state index in [0.29, 0.717) is 0 Å². The predicted octanol–water partition coefficient (Wildman–Crippen LogP) is 10.8. The van der Waals surface area contributed by atoms with E-state index < -0.39 is 0 Å². The van der Waals surface area contributed by atoms with Crippen molar-refractivity contribution in [2.24, 2.45) is 0 Å². The van der Waals surface area contributed by atoms with Crippen LogP contribution in [0.1, 0.15) is 101 Å². The van der Waals surface area contributed by atoms with Crippen molar-refractivity contribution in [3.8, 4) is 40.2 Å². The first kappa shape index (κ1) is 40.1. The summed E-state index contributed by atoms with van der Waals surface area (Å²) in [5.41, 5.74) is 14.3. The summed E-state index contributed by atoms with van der Waals surface area (Å²) in [4.78, 5) is 0. The number of phenolic OH excluding ortho intramolecular Hbond substituents is 7. The van der Waals surface area contributed by atoms with Crippen molar-refractivity contribution in [1.29, 1.82) is 0 Å². The fourth-order valence-electron chi connectivity index (χ4n) is 7.85. The van der Waals surface area contributed by atoms with Crippen LogP contribution in [-0.4, -0.2) is 35.7 Å². The van der Waals surface area contributed by atoms with Gasteiger partial charge >= 0.3 is 0 Å². The van der Waals surface area contributed by atoms with Crippen LogP contribution in [0.5, 0.6) is 40.2 Å². The van der Waals surface area contributed by atoms with Gasteiger partial charge in [0.1, 0.15) is 28.7 Å². The lowest BCUT2D eigenvalue weighted by Gasteiger charge is -2.26. The summed E-state index contributed by atoms with van der Waals surface area (Å²) in [6.07, 6.45) is 0. The first-order valence-electron chi connectivity index (χ1n) is 18.3. The average Bonchev–Trinajstić information content (AvgIpc) is 3.11. The van der Waals surface area contributed by atoms with Crippen molar-refractivity contribution in [1.82, 2.24) is 0 Å². The molecule has 0 aliphatic rings. The largest absolute Gasteiger partial charge is 0.508 e. The standard InChI is InChI=1S/C25H28O4.C23H24O3/c1-12-9-19(14(3)16(5)24(12)28)23(18-7-8-21(26)22(27)11-18)20-10-13(2)25(29)17(6)15(20)4;1-13-9-15(3)21(19(25)11-13)23(17-5-7-18(24)8-6-17)22-16(4)10-14(2)12-20(22)26/h7-11,23,26-29H,1-6H3;5-12,23-26H,1-4H3. The zero-order valence-corrected chi connectivity index (χ0v) is 33.3. The molecule has 0 unspecified atom stereocenters. The van der Waals surface area contributed by atoms with Gasteiger partial charge in [-0.25, -0.2) is 0 Å². The van der Waals surface area contributed by atoms with Crippen molar-refractivity contribution in [2.75, 3.05) is 0 Å². The van der Waals surface area contributed by atoms with Gasteiger partial charge in [-0.05, 0) is 184 Å². The van der Waals surface area contributed by atoms with Gasteiger partial charge in [0.05, 0.1) is 0 Å². The second-order valence-corrected chi connectivity index (χ2v) is 15.0. The molecule has 0 bridgehead atoms. The Hall–Kier alpha value is -6.08. The molecule has 0 aromatic heterocycles. The molecule has 6 aromatic rings. The molecule has 0 saturated carbocycles. The lowest BCUT2D eigenvalue weighted by molar-refractivity contribution is 0.403. The normalized spacial score (nSPS) is 11.2. The van der Waals surface area contributed by atoms with E-state index in [9.17, 15) is 35.7 Å². The van der Waals surface area contributed by atoms with E-state index >= 15 is 0 Å². The zero-order chi connectivity index (χ0) is 40.6. The molecule has 6 rings (SSSR count). The maximum Gasteiger partial charge on any atom is 0.157 e. The highest BCUT2D eigenvalue weighted by atomic mass is 16.3. The minimum atomic E-state index is -0.336. The molecular formula is C48H52O7. The minimum Gasteiger partial charge on any atom is -0.508 e. The summed E-state index contributed by atoms with van der Waals surface area (Å²) in [6.45, 7) is 19.3. The number of aromatic hydroxyl groups is 7. The average molecular weight is 741 g/mol. The summed E-state index contributed by atoms with van der Waals surface area (Å²) in [5, 5.41) is 71.9. The molecule has 0 heterocycles. The Labute approximate surface area is 324 Å². The lowest BCUT2D eigenvalue weighted by atomic mass is 9.78. The van der Waals surface area contributed by atoms with E-state index in [4.69, 9.17) is 0 Å². The van der Waals surface area contributed by atoms with Crippen LogP contribution >= 0.6 is 0 Å². The highest BCUT2D eigenvalue weighted by Crippen LogP contribution is 2.46. The smallest absolute Gasteiger partial charge is 0.157 e. The van der Waals surface area contributed by atoms with Gasteiger partial charge in [-0.15, -0.1) is 0 Å². The van der Waals surface area contributed by atoms with Gasteiger partial charge in [-0.1, -0.05) is 42.5 Å². The molecule has 0 radical (unpaired) electrons. The summed E-state index contributed by atoms with van der Waals surface area (Å²) < 4.78 is 0.